The summed E-state index contributed by atoms with van der Waals surface area (Å²) in [5, 5.41) is 5.33. The molecule has 3 rings (SSSR count). The Morgan fingerprint density at radius 3 is 2.66 bits per heavy atom. The van der Waals surface area contributed by atoms with E-state index < -0.39 is 6.03 Å². The molecule has 2 N–H and O–H groups in total. The van der Waals surface area contributed by atoms with Crippen molar-refractivity contribution in [2.24, 2.45) is 0 Å². The van der Waals surface area contributed by atoms with Gasteiger partial charge in [-0.25, -0.2) is 4.79 Å². The fourth-order valence-electron chi connectivity index (χ4n) is 3.39. The Hall–Kier alpha value is -3.55. The SMILES string of the molecule is CCCCCCOc1ccc(C(=O)Nc2cccc(CN3C(=O)CNC3=O)c2)cc1OC. The van der Waals surface area contributed by atoms with Crippen molar-refractivity contribution in [2.45, 2.75) is 39.2 Å². The second-order valence-corrected chi connectivity index (χ2v) is 7.57. The van der Waals surface area contributed by atoms with Crippen LogP contribution in [-0.2, 0) is 11.3 Å². The Balaban J connectivity index is 1.62. The maximum absolute atomic E-state index is 12.7. The Kier molecular flexibility index (Phi) is 8.08. The number of unbranched alkanes of at least 4 members (excludes halogenated alkanes) is 3. The van der Waals surface area contributed by atoms with Crippen LogP contribution in [0.25, 0.3) is 0 Å². The zero-order chi connectivity index (χ0) is 22.9. The lowest BCUT2D eigenvalue weighted by Crippen LogP contribution is -2.30. The molecule has 1 fully saturated rings. The molecule has 2 aromatic rings. The van der Waals surface area contributed by atoms with Gasteiger partial charge in [-0.3, -0.25) is 14.5 Å². The second kappa shape index (κ2) is 11.2. The van der Waals surface area contributed by atoms with E-state index in [0.29, 0.717) is 29.4 Å². The number of methoxy groups -OCH3 is 1. The topological polar surface area (TPSA) is 97.0 Å². The van der Waals surface area contributed by atoms with E-state index in [1.165, 1.54) is 12.8 Å². The number of urea groups is 1. The van der Waals surface area contributed by atoms with Crippen LogP contribution < -0.4 is 20.1 Å². The van der Waals surface area contributed by atoms with Crippen molar-refractivity contribution in [3.05, 3.63) is 53.6 Å². The molecule has 0 spiro atoms. The molecule has 1 heterocycles. The Morgan fingerprint density at radius 1 is 1.09 bits per heavy atom. The summed E-state index contributed by atoms with van der Waals surface area (Å²) in [5.74, 6) is 0.533. The number of hydrogen-bond acceptors (Lipinski definition) is 5. The standard InChI is InChI=1S/C24H29N3O5/c1-3-4-5-6-12-32-20-11-10-18(14-21(20)31-2)23(29)26-19-9-7-8-17(13-19)16-27-22(28)15-25-24(27)30/h7-11,13-14H,3-6,12,15-16H2,1-2H3,(H,25,30)(H,26,29). The normalized spacial score (nSPS) is 13.1. The van der Waals surface area contributed by atoms with Gasteiger partial charge < -0.3 is 20.1 Å². The fraction of sp³-hybridized carbons (Fsp3) is 0.375. The number of nitrogens with zero attached hydrogens (tertiary/aromatic N) is 1. The third kappa shape index (κ3) is 6.00. The van der Waals surface area contributed by atoms with Crippen molar-refractivity contribution >= 4 is 23.5 Å². The minimum Gasteiger partial charge on any atom is -0.493 e. The average Bonchev–Trinajstić information content (AvgIpc) is 3.11. The molecule has 0 saturated carbocycles. The molecule has 8 nitrogen and oxygen atoms in total. The maximum Gasteiger partial charge on any atom is 0.324 e. The van der Waals surface area contributed by atoms with Crippen LogP contribution in [0.1, 0.15) is 48.5 Å². The van der Waals surface area contributed by atoms with Crippen molar-refractivity contribution in [3.63, 3.8) is 0 Å². The van der Waals surface area contributed by atoms with Gasteiger partial charge in [0.25, 0.3) is 5.91 Å². The van der Waals surface area contributed by atoms with Crippen molar-refractivity contribution in [1.82, 2.24) is 10.2 Å². The molecule has 1 aliphatic heterocycles. The van der Waals surface area contributed by atoms with E-state index in [1.54, 1.807) is 49.6 Å². The minimum atomic E-state index is -0.413. The summed E-state index contributed by atoms with van der Waals surface area (Å²) in [6.45, 7) is 2.92. The summed E-state index contributed by atoms with van der Waals surface area (Å²) < 4.78 is 11.2. The van der Waals surface area contributed by atoms with Gasteiger partial charge in [0.1, 0.15) is 0 Å². The molecule has 0 atom stereocenters. The molecule has 0 unspecified atom stereocenters. The number of rotatable bonds is 11. The summed E-state index contributed by atoms with van der Waals surface area (Å²) in [6.07, 6.45) is 4.44. The van der Waals surface area contributed by atoms with Crippen LogP contribution in [0.15, 0.2) is 42.5 Å². The molecule has 2 aromatic carbocycles. The molecule has 0 radical (unpaired) electrons. The van der Waals surface area contributed by atoms with E-state index in [-0.39, 0.29) is 24.9 Å². The summed E-state index contributed by atoms with van der Waals surface area (Å²) >= 11 is 0. The van der Waals surface area contributed by atoms with Gasteiger partial charge in [-0.15, -0.1) is 0 Å². The van der Waals surface area contributed by atoms with Crippen LogP contribution in [0.3, 0.4) is 0 Å². The third-order valence-corrected chi connectivity index (χ3v) is 5.14. The first-order valence-corrected chi connectivity index (χ1v) is 10.8. The lowest BCUT2D eigenvalue weighted by Gasteiger charge is -2.14. The van der Waals surface area contributed by atoms with Gasteiger partial charge in [-0.2, -0.15) is 0 Å². The van der Waals surface area contributed by atoms with Gasteiger partial charge in [0.05, 0.1) is 26.8 Å². The molecule has 1 aliphatic rings. The van der Waals surface area contributed by atoms with Crippen LogP contribution in [0.4, 0.5) is 10.5 Å². The largest absolute Gasteiger partial charge is 0.493 e. The zero-order valence-electron chi connectivity index (χ0n) is 18.5. The molecular formula is C24H29N3O5. The predicted molar refractivity (Wildman–Crippen MR) is 121 cm³/mol. The molecule has 0 bridgehead atoms. The summed E-state index contributed by atoms with van der Waals surface area (Å²) in [7, 11) is 1.54. The van der Waals surface area contributed by atoms with Crippen LogP contribution in [0.2, 0.25) is 0 Å². The van der Waals surface area contributed by atoms with Crippen molar-refractivity contribution < 1.29 is 23.9 Å². The Labute approximate surface area is 187 Å². The minimum absolute atomic E-state index is 0.00947. The van der Waals surface area contributed by atoms with Gasteiger partial charge in [0, 0.05) is 11.3 Å². The van der Waals surface area contributed by atoms with E-state index in [9.17, 15) is 14.4 Å². The maximum atomic E-state index is 12.7. The highest BCUT2D eigenvalue weighted by atomic mass is 16.5. The highest BCUT2D eigenvalue weighted by molar-refractivity contribution is 6.05. The lowest BCUT2D eigenvalue weighted by molar-refractivity contribution is -0.125. The van der Waals surface area contributed by atoms with E-state index in [0.717, 1.165) is 23.3 Å². The molecule has 8 heteroatoms. The van der Waals surface area contributed by atoms with E-state index in [1.807, 2.05) is 0 Å². The van der Waals surface area contributed by atoms with Gasteiger partial charge in [-0.1, -0.05) is 38.3 Å². The quantitative estimate of drug-likeness (QED) is 0.408. The summed E-state index contributed by atoms with van der Waals surface area (Å²) in [5.41, 5.74) is 1.73. The highest BCUT2D eigenvalue weighted by Crippen LogP contribution is 2.29. The van der Waals surface area contributed by atoms with Crippen LogP contribution in [0, 0.1) is 0 Å². The average molecular weight is 440 g/mol. The highest BCUT2D eigenvalue weighted by Gasteiger charge is 2.28. The summed E-state index contributed by atoms with van der Waals surface area (Å²) in [4.78, 5) is 37.4. The Morgan fingerprint density at radius 2 is 1.94 bits per heavy atom. The molecule has 1 saturated heterocycles. The first kappa shape index (κ1) is 23.1. The van der Waals surface area contributed by atoms with Crippen LogP contribution >= 0.6 is 0 Å². The number of benzene rings is 2. The molecule has 0 aromatic heterocycles. The van der Waals surface area contributed by atoms with Crippen LogP contribution in [0.5, 0.6) is 11.5 Å². The van der Waals surface area contributed by atoms with Crippen LogP contribution in [-0.4, -0.2) is 43.0 Å². The molecular weight excluding hydrogens is 410 g/mol. The lowest BCUT2D eigenvalue weighted by atomic mass is 10.1. The number of nitrogens with one attached hydrogen (secondary N) is 2. The first-order chi connectivity index (χ1) is 15.5. The monoisotopic (exact) mass is 439 g/mol. The van der Waals surface area contributed by atoms with E-state index >= 15 is 0 Å². The van der Waals surface area contributed by atoms with Crippen molar-refractivity contribution in [2.75, 3.05) is 25.6 Å². The van der Waals surface area contributed by atoms with E-state index in [4.69, 9.17) is 9.47 Å². The fourth-order valence-corrected chi connectivity index (χ4v) is 3.39. The molecule has 4 amide bonds. The second-order valence-electron chi connectivity index (χ2n) is 7.57. The molecule has 170 valence electrons. The third-order valence-electron chi connectivity index (χ3n) is 5.14. The van der Waals surface area contributed by atoms with Crippen molar-refractivity contribution in [1.29, 1.82) is 0 Å². The van der Waals surface area contributed by atoms with Gasteiger partial charge >= 0.3 is 6.03 Å². The summed E-state index contributed by atoms with van der Waals surface area (Å²) in [6, 6.07) is 11.7. The number of ether oxygens (including phenoxy) is 2. The predicted octanol–water partition coefficient (Wildman–Crippen LogP) is 3.96. The van der Waals surface area contributed by atoms with Gasteiger partial charge in [0.15, 0.2) is 11.5 Å². The number of imide groups is 1. The number of hydrogen-bond donors (Lipinski definition) is 2. The van der Waals surface area contributed by atoms with Gasteiger partial charge in [0.2, 0.25) is 5.91 Å². The van der Waals surface area contributed by atoms with E-state index in [2.05, 4.69) is 17.6 Å². The number of anilines is 1. The molecule has 32 heavy (non-hydrogen) atoms. The number of amides is 4. The van der Waals surface area contributed by atoms with Gasteiger partial charge in [-0.05, 0) is 42.3 Å². The zero-order valence-corrected chi connectivity index (χ0v) is 18.5. The molecule has 0 aliphatic carbocycles. The smallest absolute Gasteiger partial charge is 0.324 e. The number of carbonyl (C=O) groups excluding carboxylic acids is 3. The first-order valence-electron chi connectivity index (χ1n) is 10.8. The number of carbonyl (C=O) groups is 3. The van der Waals surface area contributed by atoms with Crippen molar-refractivity contribution in [3.8, 4) is 11.5 Å². The Bertz CT molecular complexity index is 960.